The zero-order valence-electron chi connectivity index (χ0n) is 20.5. The topological polar surface area (TPSA) is 117 Å². The minimum Gasteiger partial charge on any atom is -0.378 e. The Morgan fingerprint density at radius 2 is 1.92 bits per heavy atom. The minimum absolute atomic E-state index is 0.0565. The number of benzene rings is 2. The molecule has 2 aromatic carbocycles. The Morgan fingerprint density at radius 3 is 2.70 bits per heavy atom. The van der Waals surface area contributed by atoms with Crippen LogP contribution in [0.15, 0.2) is 40.9 Å². The van der Waals surface area contributed by atoms with E-state index in [4.69, 9.17) is 4.74 Å². The van der Waals surface area contributed by atoms with E-state index >= 15 is 0 Å². The molecule has 0 aliphatic carbocycles. The van der Waals surface area contributed by atoms with Crippen molar-refractivity contribution in [2.45, 2.75) is 31.3 Å². The summed E-state index contributed by atoms with van der Waals surface area (Å²) in [7, 11) is 0. The van der Waals surface area contributed by atoms with Crippen molar-refractivity contribution in [3.8, 4) is 0 Å². The molecule has 2 amide bonds. The van der Waals surface area contributed by atoms with Crippen molar-refractivity contribution in [1.29, 1.82) is 0 Å². The zero-order valence-corrected chi connectivity index (χ0v) is 22.0. The summed E-state index contributed by atoms with van der Waals surface area (Å²) in [5.74, 6) is -0.478. The number of amides is 2. The zero-order chi connectivity index (χ0) is 25.9. The van der Waals surface area contributed by atoms with E-state index in [1.54, 1.807) is 11.0 Å². The number of hydrogen-bond donors (Lipinski definition) is 2. The second kappa shape index (κ2) is 11.2. The summed E-state index contributed by atoms with van der Waals surface area (Å²) >= 11 is 3.33. The predicted molar refractivity (Wildman–Crippen MR) is 142 cm³/mol. The maximum absolute atomic E-state index is 13.6. The highest BCUT2D eigenvalue weighted by molar-refractivity contribution is 9.10. The average Bonchev–Trinajstić information content (AvgIpc) is 2.93. The van der Waals surface area contributed by atoms with Gasteiger partial charge >= 0.3 is 0 Å². The second-order valence-electron chi connectivity index (χ2n) is 9.66. The third-order valence-corrected chi connectivity index (χ3v) is 7.74. The average molecular weight is 572 g/mol. The Kier molecular flexibility index (Phi) is 7.73. The second-order valence-corrected chi connectivity index (χ2v) is 10.6. The molecule has 11 heteroatoms. The van der Waals surface area contributed by atoms with E-state index in [1.807, 2.05) is 29.2 Å². The Bertz CT molecular complexity index is 1200. The maximum atomic E-state index is 13.6. The van der Waals surface area contributed by atoms with Gasteiger partial charge in [0.05, 0.1) is 29.6 Å². The monoisotopic (exact) mass is 571 g/mol. The van der Waals surface area contributed by atoms with E-state index < -0.39 is 4.92 Å². The number of halogens is 1. The fourth-order valence-electron chi connectivity index (χ4n) is 5.43. The molecule has 2 aromatic rings. The quantitative estimate of drug-likeness (QED) is 0.418. The molecule has 1 unspecified atom stereocenters. The van der Waals surface area contributed by atoms with Crippen molar-refractivity contribution in [2.24, 2.45) is 0 Å². The molecule has 196 valence electrons. The number of anilines is 1. The number of nitrogens with zero attached hydrogens (tertiary/aromatic N) is 3. The summed E-state index contributed by atoms with van der Waals surface area (Å²) in [6, 6.07) is 10.8. The van der Waals surface area contributed by atoms with Gasteiger partial charge in [0.1, 0.15) is 5.69 Å². The standard InChI is InChI=1S/C26H30BrN5O5/c27-18-12-21(25(33)30-8-10-37-11-9-30)24(23(13-18)32(35)36)29-19-5-3-7-31(16-19)26(34)22-15-28-14-17-4-1-2-6-20(17)22/h1-2,4,6,12-13,19,22,28-29H,3,5,7-11,14-16H2/t19-,22?/m1/s1. The molecule has 0 saturated carbocycles. The molecule has 2 N–H and O–H groups in total. The summed E-state index contributed by atoms with van der Waals surface area (Å²) in [5.41, 5.74) is 2.48. The number of piperidine rings is 1. The molecule has 3 aliphatic heterocycles. The van der Waals surface area contributed by atoms with Crippen LogP contribution in [0.1, 0.15) is 40.2 Å². The van der Waals surface area contributed by atoms with Crippen LogP contribution in [0.4, 0.5) is 11.4 Å². The van der Waals surface area contributed by atoms with Gasteiger partial charge in [0.15, 0.2) is 0 Å². The molecule has 5 rings (SSSR count). The lowest BCUT2D eigenvalue weighted by Gasteiger charge is -2.37. The molecule has 37 heavy (non-hydrogen) atoms. The predicted octanol–water partition coefficient (Wildman–Crippen LogP) is 3.12. The van der Waals surface area contributed by atoms with Crippen molar-refractivity contribution in [2.75, 3.05) is 51.3 Å². The van der Waals surface area contributed by atoms with Crippen LogP contribution in [0, 0.1) is 10.1 Å². The van der Waals surface area contributed by atoms with Crippen molar-refractivity contribution in [3.05, 3.63) is 67.7 Å². The van der Waals surface area contributed by atoms with Crippen LogP contribution in [0.2, 0.25) is 0 Å². The number of ether oxygens (including phenoxy) is 1. The van der Waals surface area contributed by atoms with Gasteiger partial charge in [-0.3, -0.25) is 19.7 Å². The number of nitro benzene ring substituents is 1. The summed E-state index contributed by atoms with van der Waals surface area (Å²) < 4.78 is 5.82. The van der Waals surface area contributed by atoms with Crippen molar-refractivity contribution in [3.63, 3.8) is 0 Å². The van der Waals surface area contributed by atoms with Gasteiger partial charge in [-0.15, -0.1) is 0 Å². The number of likely N-dealkylation sites (tertiary alicyclic amines) is 1. The third-order valence-electron chi connectivity index (χ3n) is 7.28. The summed E-state index contributed by atoms with van der Waals surface area (Å²) in [5, 5.41) is 18.6. The van der Waals surface area contributed by atoms with Crippen LogP contribution in [-0.4, -0.2) is 78.5 Å². The molecular formula is C26H30BrN5O5. The number of carbonyl (C=O) groups excluding carboxylic acids is 2. The van der Waals surface area contributed by atoms with E-state index in [9.17, 15) is 19.7 Å². The summed E-state index contributed by atoms with van der Waals surface area (Å²) in [6.45, 7) is 4.11. The van der Waals surface area contributed by atoms with Crippen molar-refractivity contribution >= 4 is 39.1 Å². The number of hydrogen-bond acceptors (Lipinski definition) is 7. The third kappa shape index (κ3) is 5.48. The van der Waals surface area contributed by atoms with E-state index in [1.165, 1.54) is 6.07 Å². The van der Waals surface area contributed by atoms with Gasteiger partial charge in [-0.05, 0) is 30.0 Å². The van der Waals surface area contributed by atoms with Gasteiger partial charge in [-0.1, -0.05) is 40.2 Å². The molecule has 2 atom stereocenters. The van der Waals surface area contributed by atoms with Gasteiger partial charge in [0.2, 0.25) is 5.91 Å². The van der Waals surface area contributed by atoms with E-state index in [0.29, 0.717) is 50.4 Å². The number of morpholine rings is 1. The molecule has 3 aliphatic rings. The SMILES string of the molecule is O=C(c1cc(Br)cc([N+](=O)[O-])c1N[C@@H]1CCCN(C(=O)C2CNCc3ccccc32)C1)N1CCOCC1. The van der Waals surface area contributed by atoms with Crippen molar-refractivity contribution < 1.29 is 19.2 Å². The molecule has 10 nitrogen and oxygen atoms in total. The fraction of sp³-hybridized carbons (Fsp3) is 0.462. The number of fused-ring (bicyclic) bond motifs is 1. The molecule has 0 radical (unpaired) electrons. The van der Waals surface area contributed by atoms with Gasteiger partial charge in [-0.2, -0.15) is 0 Å². The highest BCUT2D eigenvalue weighted by Crippen LogP contribution is 2.35. The Labute approximate surface area is 223 Å². The van der Waals surface area contributed by atoms with E-state index in [-0.39, 0.29) is 40.7 Å². The molecule has 0 spiro atoms. The molecule has 0 aromatic heterocycles. The van der Waals surface area contributed by atoms with E-state index in [2.05, 4.69) is 26.6 Å². The Morgan fingerprint density at radius 1 is 1.14 bits per heavy atom. The lowest BCUT2D eigenvalue weighted by Crippen LogP contribution is -2.49. The Hall–Kier alpha value is -3.02. The first-order chi connectivity index (χ1) is 17.9. The molecule has 0 bridgehead atoms. The molecule has 2 fully saturated rings. The first kappa shape index (κ1) is 25.6. The smallest absolute Gasteiger partial charge is 0.294 e. The van der Waals surface area contributed by atoms with Gasteiger partial charge in [-0.25, -0.2) is 0 Å². The number of carbonyl (C=O) groups is 2. The van der Waals surface area contributed by atoms with Crippen LogP contribution in [0.5, 0.6) is 0 Å². The highest BCUT2D eigenvalue weighted by Gasteiger charge is 2.34. The molecule has 3 heterocycles. The largest absolute Gasteiger partial charge is 0.378 e. The summed E-state index contributed by atoms with van der Waals surface area (Å²) in [4.78, 5) is 42.0. The Balaban J connectivity index is 1.38. The number of nitrogens with one attached hydrogen (secondary N) is 2. The summed E-state index contributed by atoms with van der Waals surface area (Å²) in [6.07, 6.45) is 1.50. The highest BCUT2D eigenvalue weighted by atomic mass is 79.9. The molecular weight excluding hydrogens is 542 g/mol. The number of rotatable bonds is 5. The van der Waals surface area contributed by atoms with Crippen LogP contribution in [-0.2, 0) is 16.1 Å². The normalized spacial score (nSPS) is 21.8. The fourth-order valence-corrected chi connectivity index (χ4v) is 5.88. The number of nitro groups is 1. The van der Waals surface area contributed by atoms with Crippen LogP contribution >= 0.6 is 15.9 Å². The first-order valence-corrected chi connectivity index (χ1v) is 13.4. The van der Waals surface area contributed by atoms with Crippen LogP contribution < -0.4 is 10.6 Å². The minimum atomic E-state index is -0.473. The molecule has 2 saturated heterocycles. The first-order valence-electron chi connectivity index (χ1n) is 12.6. The lowest BCUT2D eigenvalue weighted by molar-refractivity contribution is -0.384. The lowest BCUT2D eigenvalue weighted by atomic mass is 9.89. The van der Waals surface area contributed by atoms with Gasteiger partial charge in [0.25, 0.3) is 11.6 Å². The van der Waals surface area contributed by atoms with Gasteiger partial charge in [0, 0.05) is 55.8 Å². The maximum Gasteiger partial charge on any atom is 0.294 e. The van der Waals surface area contributed by atoms with Gasteiger partial charge < -0.3 is 25.2 Å². The van der Waals surface area contributed by atoms with Crippen molar-refractivity contribution in [1.82, 2.24) is 15.1 Å². The van der Waals surface area contributed by atoms with Crippen LogP contribution in [0.3, 0.4) is 0 Å². The van der Waals surface area contributed by atoms with Crippen LogP contribution in [0.25, 0.3) is 0 Å². The van der Waals surface area contributed by atoms with E-state index in [0.717, 1.165) is 30.5 Å².